The zero-order valence-electron chi connectivity index (χ0n) is 17.1. The molecule has 11 heteroatoms. The fourth-order valence-corrected chi connectivity index (χ4v) is 2.92. The summed E-state index contributed by atoms with van der Waals surface area (Å²) in [5, 5.41) is 7.44. The molecule has 168 valence electrons. The maximum atomic E-state index is 10.8. The summed E-state index contributed by atoms with van der Waals surface area (Å²) in [6.45, 7) is 0.486. The normalized spacial score (nSPS) is 11.3. The number of rotatable bonds is 3. The molecule has 3 heterocycles. The molecule has 0 atom stereocenters. The highest BCUT2D eigenvalue weighted by Gasteiger charge is 2.33. The molecule has 0 spiro atoms. The second-order valence-electron chi connectivity index (χ2n) is 6.93. The van der Waals surface area contributed by atoms with E-state index in [0.29, 0.717) is 35.3 Å². The number of benzene rings is 2. The number of carbonyl (C=O) groups is 1. The van der Waals surface area contributed by atoms with Crippen molar-refractivity contribution in [2.24, 2.45) is 0 Å². The molecule has 5 rings (SSSR count). The Labute approximate surface area is 184 Å². The lowest BCUT2D eigenvalue weighted by molar-refractivity contribution is -0.168. The molecule has 0 aliphatic carbocycles. The number of carbonyl (C=O) groups excluding carboxylic acids is 1. The molecule has 0 fully saturated rings. The number of nitrogens with one attached hydrogen (secondary N) is 2. The van der Waals surface area contributed by atoms with Crippen molar-refractivity contribution in [1.29, 1.82) is 0 Å². The van der Waals surface area contributed by atoms with E-state index in [1.807, 2.05) is 48.5 Å². The Kier molecular flexibility index (Phi) is 5.69. The molecular weight excluding hydrogens is 437 g/mol. The zero-order chi connectivity index (χ0) is 23.6. The van der Waals surface area contributed by atoms with E-state index in [2.05, 4.69) is 25.1 Å². The number of Topliss-reactive ketones (excluding diaryl/α,β-unsaturated/α-hetero) is 1. The maximum Gasteiger partial charge on any atom is 0.449 e. The quantitative estimate of drug-likeness (QED) is 0.352. The van der Waals surface area contributed by atoms with Crippen LogP contribution in [0.4, 0.5) is 19.0 Å². The number of aromatic nitrogens is 5. The van der Waals surface area contributed by atoms with E-state index in [0.717, 1.165) is 22.4 Å². The number of aromatic amines is 2. The summed E-state index contributed by atoms with van der Waals surface area (Å²) in [5.74, 6) is 0.799. The van der Waals surface area contributed by atoms with Crippen molar-refractivity contribution < 1.29 is 22.7 Å². The minimum atomic E-state index is -4.64. The smallest absolute Gasteiger partial charge is 0.449 e. The molecule has 0 saturated carbocycles. The van der Waals surface area contributed by atoms with Gasteiger partial charge in [0.1, 0.15) is 28.5 Å². The number of para-hydroxylation sites is 2. The fourth-order valence-electron chi connectivity index (χ4n) is 2.92. The number of nitrogens with zero attached hydrogens (tertiary/aromatic N) is 3. The Morgan fingerprint density at radius 1 is 1.06 bits per heavy atom. The highest BCUT2D eigenvalue weighted by Crippen LogP contribution is 2.32. The lowest BCUT2D eigenvalue weighted by atomic mass is 10.2. The third kappa shape index (κ3) is 4.76. The van der Waals surface area contributed by atoms with Gasteiger partial charge < -0.3 is 15.5 Å². The highest BCUT2D eigenvalue weighted by molar-refractivity contribution is 5.91. The van der Waals surface area contributed by atoms with Gasteiger partial charge in [0, 0.05) is 24.8 Å². The minimum absolute atomic E-state index is 0.432. The Morgan fingerprint density at radius 2 is 1.76 bits per heavy atom. The molecule has 0 amide bonds. The SMILES string of the molecule is CC(=O)C(F)(F)F.Nc1[nH]nc2nccc(Oc3ccc(-c4nc5ccccc5[nH]4)cc3)c12. The number of halogens is 3. The molecule has 2 aromatic carbocycles. The van der Waals surface area contributed by atoms with Gasteiger partial charge in [-0.25, -0.2) is 9.97 Å². The summed E-state index contributed by atoms with van der Waals surface area (Å²) in [6, 6.07) is 17.4. The number of imidazole rings is 1. The van der Waals surface area contributed by atoms with E-state index >= 15 is 0 Å². The Balaban J connectivity index is 0.000000325. The average Bonchev–Trinajstić information content (AvgIpc) is 3.38. The molecular formula is C22H17F3N6O2. The molecule has 3 aromatic heterocycles. The number of H-pyrrole nitrogens is 2. The first-order chi connectivity index (χ1) is 15.7. The molecule has 5 aromatic rings. The van der Waals surface area contributed by atoms with Crippen LogP contribution in [0.15, 0.2) is 60.8 Å². The molecule has 0 radical (unpaired) electrons. The van der Waals surface area contributed by atoms with Crippen molar-refractivity contribution in [2.75, 3.05) is 5.73 Å². The maximum absolute atomic E-state index is 10.8. The topological polar surface area (TPSA) is 123 Å². The van der Waals surface area contributed by atoms with Gasteiger partial charge in [-0.05, 0) is 36.4 Å². The Hall–Kier alpha value is -4.41. The lowest BCUT2D eigenvalue weighted by Crippen LogP contribution is -2.18. The van der Waals surface area contributed by atoms with Crippen LogP contribution in [-0.4, -0.2) is 37.1 Å². The fraction of sp³-hybridized carbons (Fsp3) is 0.0909. The third-order valence-electron chi connectivity index (χ3n) is 4.59. The van der Waals surface area contributed by atoms with E-state index < -0.39 is 12.0 Å². The number of hydrogen-bond donors (Lipinski definition) is 3. The van der Waals surface area contributed by atoms with Gasteiger partial charge in [0.05, 0.1) is 11.0 Å². The molecule has 0 aliphatic heterocycles. The van der Waals surface area contributed by atoms with Crippen molar-refractivity contribution in [3.05, 3.63) is 60.8 Å². The predicted molar refractivity (Wildman–Crippen MR) is 117 cm³/mol. The van der Waals surface area contributed by atoms with E-state index in [1.165, 1.54) is 0 Å². The van der Waals surface area contributed by atoms with E-state index in [-0.39, 0.29) is 0 Å². The second-order valence-corrected chi connectivity index (χ2v) is 6.93. The molecule has 4 N–H and O–H groups in total. The number of pyridine rings is 1. The van der Waals surface area contributed by atoms with Crippen LogP contribution in [0.2, 0.25) is 0 Å². The summed E-state index contributed by atoms with van der Waals surface area (Å²) in [6.07, 6.45) is -3.00. The zero-order valence-corrected chi connectivity index (χ0v) is 17.1. The molecule has 0 unspecified atom stereocenters. The molecule has 8 nitrogen and oxygen atoms in total. The van der Waals surface area contributed by atoms with Crippen LogP contribution < -0.4 is 10.5 Å². The molecule has 0 aliphatic rings. The Bertz CT molecular complexity index is 1390. The molecule has 33 heavy (non-hydrogen) atoms. The van der Waals surface area contributed by atoms with Crippen molar-refractivity contribution in [2.45, 2.75) is 13.1 Å². The molecule has 0 saturated heterocycles. The van der Waals surface area contributed by atoms with Crippen molar-refractivity contribution >= 4 is 33.7 Å². The van der Waals surface area contributed by atoms with Crippen molar-refractivity contribution in [1.82, 2.24) is 25.1 Å². The van der Waals surface area contributed by atoms with Crippen LogP contribution in [0.5, 0.6) is 11.5 Å². The van der Waals surface area contributed by atoms with E-state index in [9.17, 15) is 18.0 Å². The largest absolute Gasteiger partial charge is 0.456 e. The summed E-state index contributed by atoms with van der Waals surface area (Å²) in [4.78, 5) is 21.4. The van der Waals surface area contributed by atoms with Crippen LogP contribution >= 0.6 is 0 Å². The number of nitrogens with two attached hydrogens (primary N) is 1. The third-order valence-corrected chi connectivity index (χ3v) is 4.59. The predicted octanol–water partition coefficient (Wildman–Crippen LogP) is 5.01. The van der Waals surface area contributed by atoms with E-state index in [4.69, 9.17) is 10.5 Å². The van der Waals surface area contributed by atoms with Gasteiger partial charge in [-0.3, -0.25) is 9.89 Å². The van der Waals surface area contributed by atoms with Crippen LogP contribution in [0.3, 0.4) is 0 Å². The second kappa shape index (κ2) is 8.61. The number of hydrogen-bond acceptors (Lipinski definition) is 6. The number of alkyl halides is 3. The number of ketones is 1. The Morgan fingerprint density at radius 3 is 2.42 bits per heavy atom. The number of ether oxygens (including phenoxy) is 1. The lowest BCUT2D eigenvalue weighted by Gasteiger charge is -2.07. The monoisotopic (exact) mass is 454 g/mol. The number of fused-ring (bicyclic) bond motifs is 2. The molecule has 0 bridgehead atoms. The summed E-state index contributed by atoms with van der Waals surface area (Å²) < 4.78 is 38.5. The van der Waals surface area contributed by atoms with Gasteiger partial charge in [0.2, 0.25) is 5.78 Å². The van der Waals surface area contributed by atoms with Crippen LogP contribution in [0.1, 0.15) is 6.92 Å². The first kappa shape index (κ1) is 21.8. The van der Waals surface area contributed by atoms with Crippen LogP contribution in [-0.2, 0) is 4.79 Å². The number of nitrogen functional groups attached to an aromatic ring is 1. The van der Waals surface area contributed by atoms with E-state index in [1.54, 1.807) is 12.3 Å². The summed E-state index contributed by atoms with van der Waals surface area (Å²) in [7, 11) is 0. The van der Waals surface area contributed by atoms with Gasteiger partial charge in [-0.2, -0.15) is 18.3 Å². The number of anilines is 1. The van der Waals surface area contributed by atoms with Gasteiger partial charge in [-0.1, -0.05) is 12.1 Å². The first-order valence-electron chi connectivity index (χ1n) is 9.61. The van der Waals surface area contributed by atoms with Gasteiger partial charge in [-0.15, -0.1) is 0 Å². The first-order valence-corrected chi connectivity index (χ1v) is 9.61. The van der Waals surface area contributed by atoms with Gasteiger partial charge in [0.25, 0.3) is 0 Å². The highest BCUT2D eigenvalue weighted by atomic mass is 19.4. The standard InChI is InChI=1S/C19H14N6O.C3H3F3O/c20-17-16-15(9-10-21-19(16)25-24-17)26-12-7-5-11(6-8-12)18-22-13-3-1-2-4-14(13)23-18;1-2(7)3(4,5)6/h1-10H,(H,22,23)(H3,20,21,24,25);1H3. The van der Waals surface area contributed by atoms with Crippen LogP contribution in [0, 0.1) is 0 Å². The summed E-state index contributed by atoms with van der Waals surface area (Å²) in [5.41, 5.74) is 9.38. The van der Waals surface area contributed by atoms with Gasteiger partial charge >= 0.3 is 6.18 Å². The average molecular weight is 454 g/mol. The van der Waals surface area contributed by atoms with Gasteiger partial charge in [0.15, 0.2) is 5.65 Å². The summed E-state index contributed by atoms with van der Waals surface area (Å²) >= 11 is 0. The van der Waals surface area contributed by atoms with Crippen molar-refractivity contribution in [3.63, 3.8) is 0 Å². The van der Waals surface area contributed by atoms with Crippen LogP contribution in [0.25, 0.3) is 33.5 Å². The van der Waals surface area contributed by atoms with Crippen molar-refractivity contribution in [3.8, 4) is 22.9 Å². The minimum Gasteiger partial charge on any atom is -0.456 e.